The van der Waals surface area contributed by atoms with Crippen molar-refractivity contribution in [1.29, 1.82) is 0 Å². The molecule has 0 atom stereocenters. The summed E-state index contributed by atoms with van der Waals surface area (Å²) in [7, 11) is 0. The van der Waals surface area contributed by atoms with Crippen molar-refractivity contribution in [3.63, 3.8) is 0 Å². The lowest BCUT2D eigenvalue weighted by molar-refractivity contribution is -0.0168. The van der Waals surface area contributed by atoms with Gasteiger partial charge in [0.25, 0.3) is 0 Å². The van der Waals surface area contributed by atoms with Crippen LogP contribution in [0, 0.1) is 0 Å². The first kappa shape index (κ1) is 15.4. The molecule has 2 aliphatic heterocycles. The van der Waals surface area contributed by atoms with Gasteiger partial charge in [0, 0.05) is 27.7 Å². The third-order valence-corrected chi connectivity index (χ3v) is 6.17. The summed E-state index contributed by atoms with van der Waals surface area (Å²) < 4.78 is 12.1. The molecule has 0 fully saturated rings. The summed E-state index contributed by atoms with van der Waals surface area (Å²) in [5, 5.41) is 0.719. The Morgan fingerprint density at radius 3 is 3.09 bits per heavy atom. The van der Waals surface area contributed by atoms with E-state index in [1.165, 1.54) is 5.56 Å². The number of thioether (sulfide) groups is 2. The van der Waals surface area contributed by atoms with Gasteiger partial charge in [0.15, 0.2) is 6.79 Å². The van der Waals surface area contributed by atoms with Crippen LogP contribution in [0.25, 0.3) is 0 Å². The molecule has 2 aromatic carbocycles. The van der Waals surface area contributed by atoms with Crippen LogP contribution in [0.2, 0.25) is 5.02 Å². The normalized spacial score (nSPS) is 16.1. The van der Waals surface area contributed by atoms with E-state index < -0.39 is 0 Å². The number of fused-ring (bicyclic) bond motifs is 2. The standard InChI is InChI=1S/C17H14ClNO2S2/c18-14-5-12-7-20-10-21-16(12)13(6-14)9-23-17-19-15-4-2-1-3-11(15)8-22-17/h1-6H,7-10H2. The van der Waals surface area contributed by atoms with E-state index in [2.05, 4.69) is 18.2 Å². The smallest absolute Gasteiger partial charge is 0.189 e. The van der Waals surface area contributed by atoms with Crippen LogP contribution in [0.3, 0.4) is 0 Å². The van der Waals surface area contributed by atoms with E-state index in [-0.39, 0.29) is 0 Å². The monoisotopic (exact) mass is 363 g/mol. The van der Waals surface area contributed by atoms with E-state index in [9.17, 15) is 0 Å². The number of ether oxygens (including phenoxy) is 2. The van der Waals surface area contributed by atoms with Gasteiger partial charge in [0.05, 0.1) is 12.3 Å². The second-order valence-electron chi connectivity index (χ2n) is 5.25. The molecule has 0 aromatic heterocycles. The van der Waals surface area contributed by atoms with Gasteiger partial charge in [-0.25, -0.2) is 4.99 Å². The van der Waals surface area contributed by atoms with E-state index in [0.29, 0.717) is 13.4 Å². The molecule has 0 amide bonds. The number of benzene rings is 2. The first-order valence-corrected chi connectivity index (χ1v) is 9.58. The second-order valence-corrected chi connectivity index (χ2v) is 7.87. The highest BCUT2D eigenvalue weighted by molar-refractivity contribution is 8.38. The summed E-state index contributed by atoms with van der Waals surface area (Å²) in [6.45, 7) is 0.853. The van der Waals surface area contributed by atoms with E-state index >= 15 is 0 Å². The fourth-order valence-electron chi connectivity index (χ4n) is 2.59. The average Bonchev–Trinajstić information content (AvgIpc) is 2.59. The lowest BCUT2D eigenvalue weighted by atomic mass is 10.1. The summed E-state index contributed by atoms with van der Waals surface area (Å²) in [5.74, 6) is 2.67. The van der Waals surface area contributed by atoms with Gasteiger partial charge in [-0.15, -0.1) is 0 Å². The molecular formula is C17H14ClNO2S2. The van der Waals surface area contributed by atoms with E-state index in [1.807, 2.05) is 18.2 Å². The van der Waals surface area contributed by atoms with Crippen LogP contribution in [-0.4, -0.2) is 11.2 Å². The molecule has 6 heteroatoms. The lowest BCUT2D eigenvalue weighted by Gasteiger charge is -2.21. The maximum atomic E-state index is 6.21. The minimum atomic E-state index is 0.301. The van der Waals surface area contributed by atoms with Crippen molar-refractivity contribution in [2.45, 2.75) is 18.1 Å². The Bertz CT molecular complexity index is 779. The van der Waals surface area contributed by atoms with Gasteiger partial charge in [-0.2, -0.15) is 0 Å². The molecule has 2 aromatic rings. The molecule has 0 bridgehead atoms. The van der Waals surface area contributed by atoms with Crippen LogP contribution in [-0.2, 0) is 22.8 Å². The van der Waals surface area contributed by atoms with Crippen molar-refractivity contribution in [3.8, 4) is 5.75 Å². The molecule has 0 unspecified atom stereocenters. The van der Waals surface area contributed by atoms with E-state index in [1.54, 1.807) is 23.5 Å². The molecule has 0 radical (unpaired) electrons. The van der Waals surface area contributed by atoms with Crippen LogP contribution in [0.1, 0.15) is 16.7 Å². The maximum Gasteiger partial charge on any atom is 0.189 e. The third kappa shape index (κ3) is 3.38. The van der Waals surface area contributed by atoms with Crippen LogP contribution < -0.4 is 4.74 Å². The topological polar surface area (TPSA) is 30.8 Å². The van der Waals surface area contributed by atoms with Gasteiger partial charge in [-0.3, -0.25) is 0 Å². The van der Waals surface area contributed by atoms with Gasteiger partial charge in [0.2, 0.25) is 0 Å². The summed E-state index contributed by atoms with van der Waals surface area (Å²) in [4.78, 5) is 4.74. The number of halogens is 1. The van der Waals surface area contributed by atoms with Crippen molar-refractivity contribution in [1.82, 2.24) is 0 Å². The van der Waals surface area contributed by atoms with Gasteiger partial charge in [-0.05, 0) is 23.8 Å². The zero-order chi connectivity index (χ0) is 15.6. The fraction of sp³-hybridized carbons (Fsp3) is 0.235. The average molecular weight is 364 g/mol. The lowest BCUT2D eigenvalue weighted by Crippen LogP contribution is -2.13. The van der Waals surface area contributed by atoms with Crippen molar-refractivity contribution >= 4 is 45.2 Å². The predicted octanol–water partition coefficient (Wildman–Crippen LogP) is 5.37. The summed E-state index contributed by atoms with van der Waals surface area (Å²) >= 11 is 9.72. The van der Waals surface area contributed by atoms with Crippen LogP contribution >= 0.6 is 35.1 Å². The molecule has 2 aliphatic rings. The zero-order valence-electron chi connectivity index (χ0n) is 12.3. The SMILES string of the molecule is Clc1cc2c(c(CSC3=Nc4ccccc4CS3)c1)OCOC2. The Morgan fingerprint density at radius 2 is 2.13 bits per heavy atom. The minimum Gasteiger partial charge on any atom is -0.467 e. The largest absolute Gasteiger partial charge is 0.467 e. The Balaban J connectivity index is 1.54. The number of nitrogens with zero attached hydrogens (tertiary/aromatic N) is 1. The first-order chi connectivity index (χ1) is 11.3. The number of rotatable bonds is 2. The summed E-state index contributed by atoms with van der Waals surface area (Å²) in [6.07, 6.45) is 0. The minimum absolute atomic E-state index is 0.301. The van der Waals surface area contributed by atoms with Gasteiger partial charge in [-0.1, -0.05) is 53.3 Å². The molecule has 3 nitrogen and oxygen atoms in total. The maximum absolute atomic E-state index is 6.21. The van der Waals surface area contributed by atoms with Crippen molar-refractivity contribution in [3.05, 3.63) is 58.1 Å². The molecule has 0 aliphatic carbocycles. The fourth-order valence-corrected chi connectivity index (χ4v) is 4.88. The molecule has 0 saturated heterocycles. The van der Waals surface area contributed by atoms with Gasteiger partial charge < -0.3 is 9.47 Å². The molecule has 2 heterocycles. The Kier molecular flexibility index (Phi) is 4.53. The number of hydrogen-bond donors (Lipinski definition) is 0. The Labute approximate surface area is 148 Å². The Hall–Kier alpha value is -1.14. The zero-order valence-corrected chi connectivity index (χ0v) is 14.6. The molecule has 23 heavy (non-hydrogen) atoms. The highest BCUT2D eigenvalue weighted by Gasteiger charge is 2.18. The number of para-hydroxylation sites is 1. The third-order valence-electron chi connectivity index (χ3n) is 3.66. The molecule has 0 saturated carbocycles. The van der Waals surface area contributed by atoms with Crippen molar-refractivity contribution in [2.75, 3.05) is 6.79 Å². The first-order valence-electron chi connectivity index (χ1n) is 7.23. The summed E-state index contributed by atoms with van der Waals surface area (Å²) in [6, 6.07) is 12.2. The second kappa shape index (κ2) is 6.77. The van der Waals surface area contributed by atoms with Crippen LogP contribution in [0.5, 0.6) is 5.75 Å². The molecular weight excluding hydrogens is 350 g/mol. The van der Waals surface area contributed by atoms with Crippen LogP contribution in [0.4, 0.5) is 5.69 Å². The Morgan fingerprint density at radius 1 is 1.22 bits per heavy atom. The summed E-state index contributed by atoms with van der Waals surface area (Å²) in [5.41, 5.74) is 4.49. The van der Waals surface area contributed by atoms with Gasteiger partial charge >= 0.3 is 0 Å². The molecule has 4 rings (SSSR count). The molecule has 0 spiro atoms. The van der Waals surface area contributed by atoms with Gasteiger partial charge in [0.1, 0.15) is 10.1 Å². The predicted molar refractivity (Wildman–Crippen MR) is 97.9 cm³/mol. The molecule has 0 N–H and O–H groups in total. The van der Waals surface area contributed by atoms with E-state index in [0.717, 1.165) is 43.5 Å². The number of hydrogen-bond acceptors (Lipinski definition) is 5. The molecule has 118 valence electrons. The van der Waals surface area contributed by atoms with Crippen LogP contribution in [0.15, 0.2) is 41.4 Å². The van der Waals surface area contributed by atoms with Crippen molar-refractivity contribution < 1.29 is 9.47 Å². The number of aliphatic imine (C=N–C) groups is 1. The highest BCUT2D eigenvalue weighted by Crippen LogP contribution is 2.38. The quantitative estimate of drug-likeness (QED) is 0.717. The highest BCUT2D eigenvalue weighted by atomic mass is 35.5. The van der Waals surface area contributed by atoms with Crippen molar-refractivity contribution in [2.24, 2.45) is 4.99 Å². The van der Waals surface area contributed by atoms with E-state index in [4.69, 9.17) is 26.1 Å².